The smallest absolute Gasteiger partial charge is 0.323 e. The van der Waals surface area contributed by atoms with Crippen LogP contribution in [0.5, 0.6) is 6.01 Å². The van der Waals surface area contributed by atoms with Gasteiger partial charge in [0.25, 0.3) is 0 Å². The molecule has 0 radical (unpaired) electrons. The zero-order valence-electron chi connectivity index (χ0n) is 12.6. The van der Waals surface area contributed by atoms with Crippen LogP contribution >= 0.6 is 0 Å². The van der Waals surface area contributed by atoms with Gasteiger partial charge in [-0.15, -0.1) is 0 Å². The van der Waals surface area contributed by atoms with Crippen LogP contribution in [0.15, 0.2) is 0 Å². The molecule has 1 aromatic heterocycles. The molecule has 116 valence electrons. The van der Waals surface area contributed by atoms with Crippen molar-refractivity contribution in [1.82, 2.24) is 19.9 Å². The fourth-order valence-electron chi connectivity index (χ4n) is 3.24. The van der Waals surface area contributed by atoms with Crippen molar-refractivity contribution in [2.45, 2.75) is 38.3 Å². The number of fused-ring (bicyclic) bond motifs is 2. The molecule has 3 rings (SSSR count). The lowest BCUT2D eigenvalue weighted by atomic mass is 10.1. The van der Waals surface area contributed by atoms with Gasteiger partial charge in [0.05, 0.1) is 6.61 Å². The van der Waals surface area contributed by atoms with E-state index in [1.807, 2.05) is 6.92 Å². The Kier molecular flexibility index (Phi) is 4.07. The Morgan fingerprint density at radius 2 is 2.05 bits per heavy atom. The van der Waals surface area contributed by atoms with Crippen LogP contribution in [-0.4, -0.2) is 58.7 Å². The Morgan fingerprint density at radius 1 is 1.24 bits per heavy atom. The van der Waals surface area contributed by atoms with Gasteiger partial charge in [0.15, 0.2) is 0 Å². The van der Waals surface area contributed by atoms with Gasteiger partial charge in [0, 0.05) is 25.2 Å². The summed E-state index contributed by atoms with van der Waals surface area (Å²) >= 11 is 0. The molecule has 2 saturated heterocycles. The average Bonchev–Trinajstić information content (AvgIpc) is 2.72. The van der Waals surface area contributed by atoms with Crippen LogP contribution in [0.4, 0.5) is 11.9 Å². The molecule has 3 heterocycles. The first-order valence-electron chi connectivity index (χ1n) is 7.53. The number of ether oxygens (including phenoxy) is 1. The molecule has 0 saturated carbocycles. The van der Waals surface area contributed by atoms with Crippen molar-refractivity contribution in [3.05, 3.63) is 0 Å². The van der Waals surface area contributed by atoms with Gasteiger partial charge in [-0.25, -0.2) is 5.84 Å². The van der Waals surface area contributed by atoms with Crippen molar-refractivity contribution >= 4 is 11.9 Å². The molecule has 8 nitrogen and oxygen atoms in total. The second kappa shape index (κ2) is 5.98. The Balaban J connectivity index is 1.83. The number of aromatic nitrogens is 3. The van der Waals surface area contributed by atoms with E-state index >= 15 is 0 Å². The first-order valence-corrected chi connectivity index (χ1v) is 7.53. The molecule has 8 heteroatoms. The highest BCUT2D eigenvalue weighted by molar-refractivity contribution is 5.38. The van der Waals surface area contributed by atoms with E-state index in [1.165, 1.54) is 12.8 Å². The van der Waals surface area contributed by atoms with Gasteiger partial charge in [0.1, 0.15) is 0 Å². The summed E-state index contributed by atoms with van der Waals surface area (Å²) in [6.07, 6.45) is 3.67. The number of anilines is 2. The summed E-state index contributed by atoms with van der Waals surface area (Å²) < 4.78 is 5.40. The molecule has 2 bridgehead atoms. The standard InChI is InChI=1S/C13H23N7O/c1-3-21-13-16-11(18-14)15-12(17-13)20-7-6-9-4-5-10(8-20)19(9)2/h9-10H,3-8,14H2,1-2H3,(H,15,16,17,18). The van der Waals surface area contributed by atoms with E-state index in [0.29, 0.717) is 36.6 Å². The highest BCUT2D eigenvalue weighted by Gasteiger charge is 2.35. The molecule has 2 aliphatic heterocycles. The number of nitrogens with two attached hydrogens (primary N) is 1. The number of hydrogen-bond donors (Lipinski definition) is 2. The average molecular weight is 293 g/mol. The fraction of sp³-hybridized carbons (Fsp3) is 0.769. The number of nitrogen functional groups attached to an aromatic ring is 1. The van der Waals surface area contributed by atoms with Crippen LogP contribution in [0.1, 0.15) is 26.2 Å². The van der Waals surface area contributed by atoms with Gasteiger partial charge in [-0.05, 0) is 33.2 Å². The van der Waals surface area contributed by atoms with E-state index in [-0.39, 0.29) is 0 Å². The maximum absolute atomic E-state index is 5.44. The summed E-state index contributed by atoms with van der Waals surface area (Å²) in [6, 6.07) is 1.57. The van der Waals surface area contributed by atoms with E-state index in [4.69, 9.17) is 10.6 Å². The lowest BCUT2D eigenvalue weighted by molar-refractivity contribution is 0.254. The predicted octanol–water partition coefficient (Wildman–Crippen LogP) is 0.229. The summed E-state index contributed by atoms with van der Waals surface area (Å²) in [7, 11) is 2.22. The highest BCUT2D eigenvalue weighted by atomic mass is 16.5. The molecule has 3 N–H and O–H groups in total. The first-order chi connectivity index (χ1) is 10.2. The molecule has 2 unspecified atom stereocenters. The SMILES string of the molecule is CCOc1nc(NN)nc(N2CCC3CCC(C2)N3C)n1. The molecular weight excluding hydrogens is 270 g/mol. The summed E-state index contributed by atoms with van der Waals surface area (Å²) in [4.78, 5) is 17.6. The Bertz CT molecular complexity index is 497. The maximum Gasteiger partial charge on any atom is 0.323 e. The van der Waals surface area contributed by atoms with E-state index in [9.17, 15) is 0 Å². The quantitative estimate of drug-likeness (QED) is 0.602. The molecule has 2 atom stereocenters. The Morgan fingerprint density at radius 3 is 2.81 bits per heavy atom. The van der Waals surface area contributed by atoms with Gasteiger partial charge in [-0.2, -0.15) is 15.0 Å². The van der Waals surface area contributed by atoms with E-state index < -0.39 is 0 Å². The third kappa shape index (κ3) is 2.86. The van der Waals surface area contributed by atoms with Crippen LogP contribution in [0.25, 0.3) is 0 Å². The zero-order chi connectivity index (χ0) is 14.8. The molecule has 1 aromatic rings. The molecule has 0 amide bonds. The minimum Gasteiger partial charge on any atom is -0.464 e. The number of rotatable bonds is 4. The number of nitrogens with zero attached hydrogens (tertiary/aromatic N) is 5. The number of likely N-dealkylation sites (N-methyl/N-ethyl adjacent to an activating group) is 1. The van der Waals surface area contributed by atoms with E-state index in [2.05, 4.69) is 37.2 Å². The van der Waals surface area contributed by atoms with Crippen LogP contribution in [0.2, 0.25) is 0 Å². The van der Waals surface area contributed by atoms with Crippen molar-refractivity contribution in [3.8, 4) is 6.01 Å². The second-order valence-electron chi connectivity index (χ2n) is 5.60. The largest absolute Gasteiger partial charge is 0.464 e. The summed E-state index contributed by atoms with van der Waals surface area (Å²) in [5, 5.41) is 0. The van der Waals surface area contributed by atoms with Crippen molar-refractivity contribution < 1.29 is 4.74 Å². The summed E-state index contributed by atoms with van der Waals surface area (Å²) in [6.45, 7) is 4.30. The third-order valence-corrected chi connectivity index (χ3v) is 4.44. The van der Waals surface area contributed by atoms with Crippen molar-refractivity contribution in [3.63, 3.8) is 0 Å². The van der Waals surface area contributed by atoms with Crippen LogP contribution in [-0.2, 0) is 0 Å². The predicted molar refractivity (Wildman–Crippen MR) is 80.2 cm³/mol. The van der Waals surface area contributed by atoms with Crippen LogP contribution in [0.3, 0.4) is 0 Å². The number of hydrogen-bond acceptors (Lipinski definition) is 8. The fourth-order valence-corrected chi connectivity index (χ4v) is 3.24. The van der Waals surface area contributed by atoms with E-state index in [0.717, 1.165) is 19.5 Å². The lowest BCUT2D eigenvalue weighted by Gasteiger charge is -2.25. The molecule has 2 fully saturated rings. The van der Waals surface area contributed by atoms with E-state index in [1.54, 1.807) is 0 Å². The van der Waals surface area contributed by atoms with Crippen molar-refractivity contribution in [2.75, 3.05) is 37.1 Å². The van der Waals surface area contributed by atoms with Crippen LogP contribution < -0.4 is 20.9 Å². The third-order valence-electron chi connectivity index (χ3n) is 4.44. The zero-order valence-corrected chi connectivity index (χ0v) is 12.6. The lowest BCUT2D eigenvalue weighted by Crippen LogP contribution is -2.37. The number of nitrogens with one attached hydrogen (secondary N) is 1. The normalized spacial score (nSPS) is 25.8. The summed E-state index contributed by atoms with van der Waals surface area (Å²) in [5.41, 5.74) is 2.48. The second-order valence-corrected chi connectivity index (χ2v) is 5.60. The first kappa shape index (κ1) is 14.3. The molecule has 0 spiro atoms. The van der Waals surface area contributed by atoms with Gasteiger partial charge >= 0.3 is 6.01 Å². The van der Waals surface area contributed by atoms with Gasteiger partial charge in [0.2, 0.25) is 11.9 Å². The number of hydrazine groups is 1. The van der Waals surface area contributed by atoms with Crippen molar-refractivity contribution in [2.24, 2.45) is 5.84 Å². The monoisotopic (exact) mass is 293 g/mol. The minimum absolute atomic E-state index is 0.318. The van der Waals surface area contributed by atoms with Gasteiger partial charge < -0.3 is 9.64 Å². The Hall–Kier alpha value is -1.67. The van der Waals surface area contributed by atoms with Gasteiger partial charge in [-0.3, -0.25) is 10.3 Å². The molecule has 0 aromatic carbocycles. The topological polar surface area (TPSA) is 92.4 Å². The van der Waals surface area contributed by atoms with Gasteiger partial charge in [-0.1, -0.05) is 0 Å². The van der Waals surface area contributed by atoms with Crippen LogP contribution in [0, 0.1) is 0 Å². The molecule has 21 heavy (non-hydrogen) atoms. The summed E-state index contributed by atoms with van der Waals surface area (Å²) in [5.74, 6) is 6.42. The maximum atomic E-state index is 5.44. The van der Waals surface area contributed by atoms with Crippen molar-refractivity contribution in [1.29, 1.82) is 0 Å². The molecule has 2 aliphatic rings. The Labute approximate surface area is 124 Å². The highest BCUT2D eigenvalue weighted by Crippen LogP contribution is 2.30. The molecular formula is C13H23N7O. The minimum atomic E-state index is 0.318. The molecule has 0 aliphatic carbocycles.